The zero-order valence-corrected chi connectivity index (χ0v) is 8.08. The number of hydrogen-bond acceptors (Lipinski definition) is 3. The van der Waals surface area contributed by atoms with Crippen LogP contribution < -0.4 is 10.2 Å². The van der Waals surface area contributed by atoms with E-state index in [2.05, 4.69) is 5.32 Å². The van der Waals surface area contributed by atoms with Crippen molar-refractivity contribution in [3.8, 4) is 5.75 Å². The van der Waals surface area contributed by atoms with Crippen LogP contribution in [0.3, 0.4) is 0 Å². The molecule has 0 aromatic heterocycles. The molecule has 2 N–H and O–H groups in total. The lowest BCUT2D eigenvalue weighted by molar-refractivity contribution is -0.0121. The average molecular weight is 214 g/mol. The molecule has 0 spiro atoms. The number of benzene rings is 1. The first-order valence-corrected chi connectivity index (χ1v) is 4.75. The molecule has 1 aliphatic heterocycles. The summed E-state index contributed by atoms with van der Waals surface area (Å²) in [5.74, 6) is 0.0807. The Kier molecular flexibility index (Phi) is 2.48. The third kappa shape index (κ3) is 2.02. The summed E-state index contributed by atoms with van der Waals surface area (Å²) in [4.78, 5) is 1.04. The van der Waals surface area contributed by atoms with Crippen LogP contribution in [-0.4, -0.2) is 30.8 Å². The molecule has 1 fully saturated rings. The van der Waals surface area contributed by atoms with Crippen LogP contribution in [0, 0.1) is 0 Å². The van der Waals surface area contributed by atoms with Crippen LogP contribution in [0.15, 0.2) is 24.3 Å². The van der Waals surface area contributed by atoms with E-state index < -0.39 is 6.05 Å². The second kappa shape index (κ2) is 3.66. The average Bonchev–Trinajstić information content (AvgIpc) is 2.19. The molecule has 2 rings (SSSR count). The molecular weight excluding hydrogens is 202 g/mol. The number of hydrogen-bond donors (Lipinski definition) is 2. The van der Waals surface area contributed by atoms with Gasteiger partial charge < -0.3 is 15.3 Å². The van der Waals surface area contributed by atoms with Crippen molar-refractivity contribution in [2.24, 2.45) is 0 Å². The minimum absolute atomic E-state index is 0.0807. The Labute approximate surface area is 86.3 Å². The van der Waals surface area contributed by atoms with E-state index in [1.54, 1.807) is 0 Å². The normalized spacial score (nSPS) is 20.3. The van der Waals surface area contributed by atoms with Crippen molar-refractivity contribution in [2.75, 3.05) is 24.5 Å². The number of alkyl halides is 2. The van der Waals surface area contributed by atoms with Crippen molar-refractivity contribution in [3.05, 3.63) is 24.3 Å². The van der Waals surface area contributed by atoms with Gasteiger partial charge in [-0.1, -0.05) is 0 Å². The van der Waals surface area contributed by atoms with Crippen LogP contribution in [-0.2, 0) is 0 Å². The van der Waals surface area contributed by atoms with Gasteiger partial charge in [0.1, 0.15) is 5.75 Å². The second-order valence-corrected chi connectivity index (χ2v) is 3.51. The van der Waals surface area contributed by atoms with E-state index in [0.29, 0.717) is 12.2 Å². The van der Waals surface area contributed by atoms with Gasteiger partial charge in [-0.25, -0.2) is 0 Å². The molecule has 3 nitrogen and oxygen atoms in total. The topological polar surface area (TPSA) is 35.5 Å². The van der Waals surface area contributed by atoms with Gasteiger partial charge in [0, 0.05) is 18.8 Å². The van der Waals surface area contributed by atoms with Crippen LogP contribution in [0.25, 0.3) is 0 Å². The molecule has 82 valence electrons. The highest BCUT2D eigenvalue weighted by Crippen LogP contribution is 2.29. The lowest BCUT2D eigenvalue weighted by Gasteiger charge is -2.37. The zero-order valence-electron chi connectivity index (χ0n) is 8.08. The Morgan fingerprint density at radius 1 is 1.27 bits per heavy atom. The highest BCUT2D eigenvalue weighted by molar-refractivity contribution is 5.50. The number of phenols is 1. The molecule has 0 aliphatic carbocycles. The van der Waals surface area contributed by atoms with Crippen molar-refractivity contribution in [1.29, 1.82) is 0 Å². The predicted molar refractivity (Wildman–Crippen MR) is 53.3 cm³/mol. The molecule has 0 saturated carbocycles. The quantitative estimate of drug-likeness (QED) is 0.693. The van der Waals surface area contributed by atoms with Crippen molar-refractivity contribution in [2.45, 2.75) is 6.05 Å². The molecule has 0 unspecified atom stereocenters. The van der Waals surface area contributed by atoms with Gasteiger partial charge in [0.2, 0.25) is 0 Å². The van der Waals surface area contributed by atoms with Gasteiger partial charge in [0.15, 0.2) is 0 Å². The third-order valence-electron chi connectivity index (χ3n) is 2.41. The fourth-order valence-corrected chi connectivity index (χ4v) is 1.64. The summed E-state index contributed by atoms with van der Waals surface area (Å²) in [5.41, 5.74) is 0.430. The smallest absolute Gasteiger partial charge is 0.338 e. The van der Waals surface area contributed by atoms with Crippen molar-refractivity contribution >= 4 is 5.69 Å². The number of nitrogens with one attached hydrogen (secondary N) is 1. The highest BCUT2D eigenvalue weighted by atomic mass is 19.3. The van der Waals surface area contributed by atoms with E-state index in [0.717, 1.165) is 4.90 Å². The highest BCUT2D eigenvalue weighted by Gasteiger charge is 2.39. The first-order valence-electron chi connectivity index (χ1n) is 4.75. The van der Waals surface area contributed by atoms with E-state index in [9.17, 15) is 8.78 Å². The van der Waals surface area contributed by atoms with Crippen LogP contribution >= 0.6 is 0 Å². The van der Waals surface area contributed by atoms with Gasteiger partial charge in [-0.15, -0.1) is 0 Å². The third-order valence-corrected chi connectivity index (χ3v) is 2.41. The lowest BCUT2D eigenvalue weighted by atomic mass is 10.2. The Hall–Kier alpha value is -1.36. The van der Waals surface area contributed by atoms with Crippen LogP contribution in [0.2, 0.25) is 0 Å². The standard InChI is InChI=1S/C10H12F2N2O/c11-10(12)7-13-5-6-14(10)8-1-3-9(15)4-2-8/h1-4,13,15H,5-7H2. The molecule has 1 heterocycles. The van der Waals surface area contributed by atoms with Gasteiger partial charge in [0.25, 0.3) is 0 Å². The maximum absolute atomic E-state index is 13.5. The molecule has 0 bridgehead atoms. The number of nitrogens with zero attached hydrogens (tertiary/aromatic N) is 1. The number of rotatable bonds is 1. The molecule has 0 amide bonds. The Balaban J connectivity index is 2.25. The number of aromatic hydroxyl groups is 1. The van der Waals surface area contributed by atoms with Crippen molar-refractivity contribution < 1.29 is 13.9 Å². The summed E-state index contributed by atoms with van der Waals surface area (Å²) < 4.78 is 26.9. The SMILES string of the molecule is Oc1ccc(N2CCNCC2(F)F)cc1. The molecular formula is C10H12F2N2O. The second-order valence-electron chi connectivity index (χ2n) is 3.51. The summed E-state index contributed by atoms with van der Waals surface area (Å²) in [5, 5.41) is 11.7. The van der Waals surface area contributed by atoms with E-state index in [1.165, 1.54) is 24.3 Å². The first-order chi connectivity index (χ1) is 7.09. The molecule has 5 heteroatoms. The fraction of sp³-hybridized carbons (Fsp3) is 0.400. The number of anilines is 1. The lowest BCUT2D eigenvalue weighted by Crippen LogP contribution is -2.56. The summed E-state index contributed by atoms with van der Waals surface area (Å²) in [6.45, 7) is 0.460. The van der Waals surface area contributed by atoms with Gasteiger partial charge in [-0.2, -0.15) is 8.78 Å². The summed E-state index contributed by atoms with van der Waals surface area (Å²) >= 11 is 0. The number of phenolic OH excluding ortho intramolecular Hbond substituents is 1. The molecule has 15 heavy (non-hydrogen) atoms. The monoisotopic (exact) mass is 214 g/mol. The van der Waals surface area contributed by atoms with Gasteiger partial charge >= 0.3 is 6.05 Å². The zero-order chi connectivity index (χ0) is 10.9. The summed E-state index contributed by atoms with van der Waals surface area (Å²) in [6, 6.07) is 2.94. The van der Waals surface area contributed by atoms with E-state index in [1.807, 2.05) is 0 Å². The Morgan fingerprint density at radius 3 is 2.53 bits per heavy atom. The number of piperazine rings is 1. The summed E-state index contributed by atoms with van der Waals surface area (Å²) in [7, 11) is 0. The number of halogens is 2. The maximum atomic E-state index is 13.5. The van der Waals surface area contributed by atoms with E-state index in [4.69, 9.17) is 5.11 Å². The fourth-order valence-electron chi connectivity index (χ4n) is 1.64. The Morgan fingerprint density at radius 2 is 1.93 bits per heavy atom. The molecule has 1 aromatic rings. The molecule has 1 saturated heterocycles. The van der Waals surface area contributed by atoms with Crippen molar-refractivity contribution in [1.82, 2.24) is 5.32 Å². The predicted octanol–water partition coefficient (Wildman–Crippen LogP) is 1.39. The van der Waals surface area contributed by atoms with Crippen LogP contribution in [0.5, 0.6) is 5.75 Å². The Bertz CT molecular complexity index is 340. The van der Waals surface area contributed by atoms with Gasteiger partial charge in [0.05, 0.1) is 6.54 Å². The van der Waals surface area contributed by atoms with Gasteiger partial charge in [-0.3, -0.25) is 0 Å². The molecule has 1 aliphatic rings. The van der Waals surface area contributed by atoms with Crippen LogP contribution in [0.1, 0.15) is 0 Å². The van der Waals surface area contributed by atoms with E-state index >= 15 is 0 Å². The molecule has 0 radical (unpaired) electrons. The largest absolute Gasteiger partial charge is 0.508 e. The summed E-state index contributed by atoms with van der Waals surface area (Å²) in [6.07, 6.45) is 0. The van der Waals surface area contributed by atoms with E-state index in [-0.39, 0.29) is 18.8 Å². The maximum Gasteiger partial charge on any atom is 0.338 e. The molecule has 0 atom stereocenters. The minimum Gasteiger partial charge on any atom is -0.508 e. The van der Waals surface area contributed by atoms with Crippen LogP contribution in [0.4, 0.5) is 14.5 Å². The molecule has 1 aromatic carbocycles. The minimum atomic E-state index is -2.87. The first kappa shape index (κ1) is 10.2. The van der Waals surface area contributed by atoms with Gasteiger partial charge in [-0.05, 0) is 24.3 Å². The van der Waals surface area contributed by atoms with Crippen molar-refractivity contribution in [3.63, 3.8) is 0 Å².